The van der Waals surface area contributed by atoms with Crippen LogP contribution in [0.25, 0.3) is 0 Å². The molecule has 0 saturated heterocycles. The first-order valence-corrected chi connectivity index (χ1v) is 9.08. The van der Waals surface area contributed by atoms with E-state index >= 15 is 0 Å². The van der Waals surface area contributed by atoms with E-state index in [9.17, 15) is 8.42 Å². The Labute approximate surface area is 127 Å². The second kappa shape index (κ2) is 7.96. The summed E-state index contributed by atoms with van der Waals surface area (Å²) < 4.78 is 26.8. The number of hydrogen-bond acceptors (Lipinski definition) is 3. The number of nitrogens with one attached hydrogen (secondary N) is 1. The SMILES string of the molecule is CCC(CC)(CCl)CNS(=O)(=O)CCc1ccncc1. The summed E-state index contributed by atoms with van der Waals surface area (Å²) in [6, 6.07) is 3.66. The lowest BCUT2D eigenvalue weighted by Gasteiger charge is -2.29. The number of pyridine rings is 1. The van der Waals surface area contributed by atoms with E-state index in [-0.39, 0.29) is 11.2 Å². The van der Waals surface area contributed by atoms with Crippen molar-refractivity contribution < 1.29 is 8.42 Å². The molecule has 1 rings (SSSR count). The average Bonchev–Trinajstić information content (AvgIpc) is 2.48. The van der Waals surface area contributed by atoms with Crippen LogP contribution in [0.5, 0.6) is 0 Å². The van der Waals surface area contributed by atoms with Gasteiger partial charge in [0.05, 0.1) is 5.75 Å². The molecule has 0 bridgehead atoms. The van der Waals surface area contributed by atoms with Crippen LogP contribution < -0.4 is 4.72 Å². The summed E-state index contributed by atoms with van der Waals surface area (Å²) in [5, 5.41) is 0. The third-order valence-corrected chi connectivity index (χ3v) is 5.75. The number of aryl methyl sites for hydroxylation is 1. The second-order valence-electron chi connectivity index (χ2n) is 5.09. The van der Waals surface area contributed by atoms with E-state index in [0.717, 1.165) is 18.4 Å². The number of aromatic nitrogens is 1. The van der Waals surface area contributed by atoms with Gasteiger partial charge in [-0.15, -0.1) is 11.6 Å². The van der Waals surface area contributed by atoms with Crippen molar-refractivity contribution in [1.29, 1.82) is 0 Å². The highest BCUT2D eigenvalue weighted by Crippen LogP contribution is 2.27. The molecular formula is C14H23ClN2O2S. The minimum atomic E-state index is -3.27. The van der Waals surface area contributed by atoms with Crippen molar-refractivity contribution >= 4 is 21.6 Å². The normalized spacial score (nSPS) is 12.6. The van der Waals surface area contributed by atoms with E-state index in [4.69, 9.17) is 11.6 Å². The van der Waals surface area contributed by atoms with Gasteiger partial charge in [-0.1, -0.05) is 13.8 Å². The number of hydrogen-bond donors (Lipinski definition) is 1. The third kappa shape index (κ3) is 5.38. The Hall–Kier alpha value is -0.650. The molecule has 114 valence electrons. The fourth-order valence-corrected chi connectivity index (χ4v) is 3.52. The van der Waals surface area contributed by atoms with E-state index in [0.29, 0.717) is 18.8 Å². The zero-order valence-electron chi connectivity index (χ0n) is 12.1. The van der Waals surface area contributed by atoms with Gasteiger partial charge in [0.2, 0.25) is 10.0 Å². The summed E-state index contributed by atoms with van der Waals surface area (Å²) in [5.74, 6) is 0.551. The molecule has 4 nitrogen and oxygen atoms in total. The van der Waals surface area contributed by atoms with Gasteiger partial charge in [-0.25, -0.2) is 13.1 Å². The Morgan fingerprint density at radius 3 is 2.35 bits per heavy atom. The maximum Gasteiger partial charge on any atom is 0.211 e. The van der Waals surface area contributed by atoms with Crippen molar-refractivity contribution in [3.8, 4) is 0 Å². The largest absolute Gasteiger partial charge is 0.265 e. The molecule has 0 aromatic carbocycles. The second-order valence-corrected chi connectivity index (χ2v) is 7.28. The predicted octanol–water partition coefficient (Wildman–Crippen LogP) is 2.59. The van der Waals surface area contributed by atoms with Gasteiger partial charge in [0.1, 0.15) is 0 Å². The average molecular weight is 319 g/mol. The van der Waals surface area contributed by atoms with Crippen molar-refractivity contribution in [3.05, 3.63) is 30.1 Å². The van der Waals surface area contributed by atoms with Gasteiger partial charge < -0.3 is 0 Å². The first kappa shape index (κ1) is 17.4. The van der Waals surface area contributed by atoms with Crippen LogP contribution in [0, 0.1) is 5.41 Å². The van der Waals surface area contributed by atoms with E-state index in [1.165, 1.54) is 0 Å². The molecule has 0 radical (unpaired) electrons. The fourth-order valence-electron chi connectivity index (χ4n) is 1.87. The van der Waals surface area contributed by atoms with E-state index in [2.05, 4.69) is 9.71 Å². The van der Waals surface area contributed by atoms with Crippen LogP contribution in [-0.2, 0) is 16.4 Å². The van der Waals surface area contributed by atoms with Crippen LogP contribution in [0.3, 0.4) is 0 Å². The minimum Gasteiger partial charge on any atom is -0.265 e. The zero-order chi connectivity index (χ0) is 15.1. The summed E-state index contributed by atoms with van der Waals surface area (Å²) in [6.45, 7) is 4.48. The minimum absolute atomic E-state index is 0.0861. The number of halogens is 1. The van der Waals surface area contributed by atoms with Gasteiger partial charge in [0.25, 0.3) is 0 Å². The van der Waals surface area contributed by atoms with Crippen LogP contribution in [0.15, 0.2) is 24.5 Å². The lowest BCUT2D eigenvalue weighted by molar-refractivity contribution is 0.304. The van der Waals surface area contributed by atoms with E-state index in [1.807, 2.05) is 26.0 Å². The molecule has 1 heterocycles. The highest BCUT2D eigenvalue weighted by atomic mass is 35.5. The highest BCUT2D eigenvalue weighted by molar-refractivity contribution is 7.89. The molecule has 6 heteroatoms. The van der Waals surface area contributed by atoms with Gasteiger partial charge in [0.15, 0.2) is 0 Å². The molecule has 0 fully saturated rings. The number of nitrogens with zero attached hydrogens (tertiary/aromatic N) is 1. The number of rotatable bonds is 9. The maximum absolute atomic E-state index is 12.0. The topological polar surface area (TPSA) is 59.1 Å². The van der Waals surface area contributed by atoms with Crippen LogP contribution >= 0.6 is 11.6 Å². The molecule has 0 aliphatic heterocycles. The standard InChI is InChI=1S/C14H23ClN2O2S/c1-3-14(4-2,11-15)12-17-20(18,19)10-7-13-5-8-16-9-6-13/h5-6,8-9,17H,3-4,7,10-12H2,1-2H3. The molecule has 1 N–H and O–H groups in total. The Morgan fingerprint density at radius 1 is 1.25 bits per heavy atom. The Balaban J connectivity index is 2.53. The fraction of sp³-hybridized carbons (Fsp3) is 0.643. The molecule has 0 amide bonds. The molecule has 0 spiro atoms. The quantitative estimate of drug-likeness (QED) is 0.712. The van der Waals surface area contributed by atoms with Gasteiger partial charge in [-0.2, -0.15) is 0 Å². The Bertz CT molecular complexity index is 479. The summed E-state index contributed by atoms with van der Waals surface area (Å²) in [4.78, 5) is 3.91. The first-order valence-electron chi connectivity index (χ1n) is 6.89. The summed E-state index contributed by atoms with van der Waals surface area (Å²) in [7, 11) is -3.27. The van der Waals surface area contributed by atoms with Crippen LogP contribution in [-0.4, -0.2) is 31.6 Å². The molecule has 0 unspecified atom stereocenters. The Kier molecular flexibility index (Phi) is 6.92. The molecule has 0 aliphatic carbocycles. The highest BCUT2D eigenvalue weighted by Gasteiger charge is 2.26. The van der Waals surface area contributed by atoms with Gasteiger partial charge >= 0.3 is 0 Å². The number of sulfonamides is 1. The van der Waals surface area contributed by atoms with Crippen LogP contribution in [0.2, 0.25) is 0 Å². The van der Waals surface area contributed by atoms with Crippen molar-refractivity contribution in [2.75, 3.05) is 18.2 Å². The lowest BCUT2D eigenvalue weighted by Crippen LogP contribution is -2.39. The maximum atomic E-state index is 12.0. The van der Waals surface area contributed by atoms with Crippen LogP contribution in [0.1, 0.15) is 32.3 Å². The van der Waals surface area contributed by atoms with E-state index < -0.39 is 10.0 Å². The summed E-state index contributed by atoms with van der Waals surface area (Å²) in [6.07, 6.45) is 5.55. The summed E-state index contributed by atoms with van der Waals surface area (Å²) >= 11 is 5.98. The molecular weight excluding hydrogens is 296 g/mol. The summed E-state index contributed by atoms with van der Waals surface area (Å²) in [5.41, 5.74) is 0.825. The molecule has 0 saturated carbocycles. The van der Waals surface area contributed by atoms with Crippen molar-refractivity contribution in [2.45, 2.75) is 33.1 Å². The molecule has 1 aromatic rings. The van der Waals surface area contributed by atoms with Crippen LogP contribution in [0.4, 0.5) is 0 Å². The van der Waals surface area contributed by atoms with E-state index in [1.54, 1.807) is 12.4 Å². The third-order valence-electron chi connectivity index (χ3n) is 3.86. The number of alkyl halides is 1. The lowest BCUT2D eigenvalue weighted by atomic mass is 9.85. The molecule has 0 atom stereocenters. The first-order chi connectivity index (χ1) is 9.47. The van der Waals surface area contributed by atoms with Gasteiger partial charge in [-0.05, 0) is 42.4 Å². The van der Waals surface area contributed by atoms with Gasteiger partial charge in [-0.3, -0.25) is 4.98 Å². The smallest absolute Gasteiger partial charge is 0.211 e. The van der Waals surface area contributed by atoms with Crippen molar-refractivity contribution in [3.63, 3.8) is 0 Å². The monoisotopic (exact) mass is 318 g/mol. The van der Waals surface area contributed by atoms with Crippen molar-refractivity contribution in [2.24, 2.45) is 5.41 Å². The molecule has 0 aliphatic rings. The van der Waals surface area contributed by atoms with Gasteiger partial charge in [0, 0.05) is 24.8 Å². The molecule has 20 heavy (non-hydrogen) atoms. The zero-order valence-corrected chi connectivity index (χ0v) is 13.7. The van der Waals surface area contributed by atoms with Crippen molar-refractivity contribution in [1.82, 2.24) is 9.71 Å². The molecule has 1 aromatic heterocycles. The Morgan fingerprint density at radius 2 is 1.85 bits per heavy atom. The predicted molar refractivity (Wildman–Crippen MR) is 83.5 cm³/mol.